The van der Waals surface area contributed by atoms with Gasteiger partial charge in [0.05, 0.1) is 28.4 Å². The first-order valence-electron chi connectivity index (χ1n) is 5.47. The van der Waals surface area contributed by atoms with Crippen LogP contribution in [0.25, 0.3) is 0 Å². The van der Waals surface area contributed by atoms with Crippen molar-refractivity contribution in [1.82, 2.24) is 0 Å². The molecule has 1 aromatic rings. The smallest absolute Gasteiger partial charge is 0.411 e. The lowest BCUT2D eigenvalue weighted by Gasteiger charge is -2.25. The van der Waals surface area contributed by atoms with E-state index in [1.54, 1.807) is 32.0 Å². The van der Waals surface area contributed by atoms with Crippen molar-refractivity contribution in [2.24, 2.45) is 5.92 Å². The summed E-state index contributed by atoms with van der Waals surface area (Å²) >= 11 is 11.9. The van der Waals surface area contributed by atoms with Crippen LogP contribution in [0.2, 0.25) is 10.0 Å². The molecule has 100 valence electrons. The summed E-state index contributed by atoms with van der Waals surface area (Å²) in [5, 5.41) is 19.5. The number of amides is 1. The Morgan fingerprint density at radius 2 is 1.83 bits per heavy atom. The van der Waals surface area contributed by atoms with Gasteiger partial charge >= 0.3 is 6.09 Å². The molecule has 0 saturated carbocycles. The van der Waals surface area contributed by atoms with Crippen LogP contribution in [0.4, 0.5) is 10.5 Å². The van der Waals surface area contributed by atoms with Gasteiger partial charge in [-0.2, -0.15) is 0 Å². The van der Waals surface area contributed by atoms with Gasteiger partial charge in [-0.05, 0) is 18.1 Å². The van der Waals surface area contributed by atoms with Crippen molar-refractivity contribution in [3.63, 3.8) is 0 Å². The van der Waals surface area contributed by atoms with Crippen molar-refractivity contribution in [2.75, 3.05) is 11.4 Å². The Kier molecular flexibility index (Phi) is 5.26. The maximum absolute atomic E-state index is 11.3. The molecule has 1 atom stereocenters. The molecule has 1 amide bonds. The summed E-state index contributed by atoms with van der Waals surface area (Å²) in [5.74, 6) is -0.0619. The van der Waals surface area contributed by atoms with Crippen LogP contribution in [-0.2, 0) is 0 Å². The number of nitrogens with zero attached hydrogens (tertiary/aromatic N) is 1. The van der Waals surface area contributed by atoms with Crippen molar-refractivity contribution in [1.29, 1.82) is 0 Å². The minimum atomic E-state index is -1.20. The van der Waals surface area contributed by atoms with Crippen LogP contribution in [0.1, 0.15) is 13.8 Å². The molecule has 0 aliphatic carbocycles. The zero-order valence-corrected chi connectivity index (χ0v) is 11.6. The van der Waals surface area contributed by atoms with Gasteiger partial charge in [-0.1, -0.05) is 43.1 Å². The van der Waals surface area contributed by atoms with Gasteiger partial charge in [-0.15, -0.1) is 0 Å². The molecule has 0 unspecified atom stereocenters. The van der Waals surface area contributed by atoms with Gasteiger partial charge in [0.15, 0.2) is 0 Å². The van der Waals surface area contributed by atoms with Gasteiger partial charge in [0.25, 0.3) is 0 Å². The Balaban J connectivity index is 3.09. The largest absolute Gasteiger partial charge is 0.465 e. The van der Waals surface area contributed by atoms with Gasteiger partial charge in [0, 0.05) is 0 Å². The molecule has 4 nitrogen and oxygen atoms in total. The van der Waals surface area contributed by atoms with Crippen LogP contribution in [0, 0.1) is 5.92 Å². The average Bonchev–Trinajstić information content (AvgIpc) is 2.26. The monoisotopic (exact) mass is 291 g/mol. The first-order valence-corrected chi connectivity index (χ1v) is 6.22. The maximum atomic E-state index is 11.3. The Morgan fingerprint density at radius 1 is 1.33 bits per heavy atom. The molecule has 1 aromatic carbocycles. The molecule has 0 aromatic heterocycles. The maximum Gasteiger partial charge on any atom is 0.411 e. The normalized spacial score (nSPS) is 12.6. The van der Waals surface area contributed by atoms with Crippen molar-refractivity contribution >= 4 is 35.0 Å². The molecule has 0 saturated heterocycles. The average molecular weight is 292 g/mol. The number of rotatable bonds is 4. The summed E-state index contributed by atoms with van der Waals surface area (Å²) < 4.78 is 0. The van der Waals surface area contributed by atoms with Gasteiger partial charge < -0.3 is 10.2 Å². The first-order chi connectivity index (χ1) is 8.34. The fraction of sp³-hybridized carbons (Fsp3) is 0.417. The third-order valence-electron chi connectivity index (χ3n) is 2.58. The van der Waals surface area contributed by atoms with Crippen molar-refractivity contribution in [3.05, 3.63) is 28.2 Å². The highest BCUT2D eigenvalue weighted by Gasteiger charge is 2.24. The Labute approximate surface area is 116 Å². The lowest BCUT2D eigenvalue weighted by Crippen LogP contribution is -2.39. The number of para-hydroxylation sites is 1. The number of hydrogen-bond acceptors (Lipinski definition) is 2. The summed E-state index contributed by atoms with van der Waals surface area (Å²) in [6.45, 7) is 3.54. The highest BCUT2D eigenvalue weighted by atomic mass is 35.5. The summed E-state index contributed by atoms with van der Waals surface area (Å²) in [5.41, 5.74) is 0.202. The van der Waals surface area contributed by atoms with Gasteiger partial charge in [0.2, 0.25) is 0 Å². The summed E-state index contributed by atoms with van der Waals surface area (Å²) in [7, 11) is 0. The molecule has 0 bridgehead atoms. The number of carboxylic acid groups (broad SMARTS) is 1. The second kappa shape index (κ2) is 6.27. The number of carbonyl (C=O) groups is 1. The zero-order chi connectivity index (χ0) is 13.9. The first kappa shape index (κ1) is 15.1. The molecular weight excluding hydrogens is 277 g/mol. The van der Waals surface area contributed by atoms with Crippen molar-refractivity contribution < 1.29 is 15.0 Å². The molecule has 0 aliphatic rings. The summed E-state index contributed by atoms with van der Waals surface area (Å²) in [6.07, 6.45) is -1.99. The Bertz CT molecular complexity index is 417. The zero-order valence-electron chi connectivity index (χ0n) is 10.1. The van der Waals surface area contributed by atoms with Crippen LogP contribution in [-0.4, -0.2) is 29.0 Å². The molecule has 0 spiro atoms. The van der Waals surface area contributed by atoms with Crippen molar-refractivity contribution in [2.45, 2.75) is 20.0 Å². The fourth-order valence-corrected chi connectivity index (χ4v) is 2.01. The Hall–Kier alpha value is -0.970. The third kappa shape index (κ3) is 3.51. The number of aliphatic hydroxyl groups excluding tert-OH is 1. The van der Waals surface area contributed by atoms with E-state index in [0.717, 1.165) is 4.90 Å². The molecule has 1 rings (SSSR count). The van der Waals surface area contributed by atoms with E-state index in [0.29, 0.717) is 0 Å². The summed E-state index contributed by atoms with van der Waals surface area (Å²) in [4.78, 5) is 12.2. The lowest BCUT2D eigenvalue weighted by atomic mass is 10.1. The van der Waals surface area contributed by atoms with E-state index in [1.807, 2.05) is 0 Å². The summed E-state index contributed by atoms with van der Waals surface area (Å²) in [6, 6.07) is 4.74. The lowest BCUT2D eigenvalue weighted by molar-refractivity contribution is 0.127. The number of aliphatic hydroxyl groups is 1. The van der Waals surface area contributed by atoms with Crippen molar-refractivity contribution in [3.8, 4) is 0 Å². The van der Waals surface area contributed by atoms with E-state index in [1.165, 1.54) is 0 Å². The predicted octanol–water partition coefficient (Wildman–Crippen LogP) is 3.49. The second-order valence-corrected chi connectivity index (χ2v) is 5.09. The van der Waals surface area contributed by atoms with E-state index in [2.05, 4.69) is 0 Å². The minimum absolute atomic E-state index is 0.0619. The SMILES string of the molecule is CC(C)[C@@H](O)CN(C(=O)O)c1c(Cl)cccc1Cl. The number of benzene rings is 1. The van der Waals surface area contributed by atoms with Crippen LogP contribution < -0.4 is 4.90 Å². The fourth-order valence-electron chi connectivity index (χ4n) is 1.41. The van der Waals surface area contributed by atoms with Gasteiger partial charge in [-0.3, -0.25) is 4.90 Å². The van der Waals surface area contributed by atoms with Gasteiger partial charge in [0.1, 0.15) is 0 Å². The topological polar surface area (TPSA) is 60.8 Å². The molecule has 0 heterocycles. The molecule has 18 heavy (non-hydrogen) atoms. The quantitative estimate of drug-likeness (QED) is 0.893. The van der Waals surface area contributed by atoms with E-state index >= 15 is 0 Å². The van der Waals surface area contributed by atoms with Crippen LogP contribution in [0.15, 0.2) is 18.2 Å². The standard InChI is InChI=1S/C12H15Cl2NO3/c1-7(2)10(16)6-15(12(17)18)11-8(13)4-3-5-9(11)14/h3-5,7,10,16H,6H2,1-2H3,(H,17,18)/t10-/m0/s1. The Morgan fingerprint density at radius 3 is 2.22 bits per heavy atom. The number of halogens is 2. The van der Waals surface area contributed by atoms with Crippen LogP contribution in [0.5, 0.6) is 0 Å². The number of hydrogen-bond donors (Lipinski definition) is 2. The highest BCUT2D eigenvalue weighted by molar-refractivity contribution is 6.39. The van der Waals surface area contributed by atoms with E-state index in [4.69, 9.17) is 23.2 Å². The number of anilines is 1. The van der Waals surface area contributed by atoms with Gasteiger partial charge in [-0.25, -0.2) is 4.79 Å². The second-order valence-electron chi connectivity index (χ2n) is 4.27. The molecule has 0 radical (unpaired) electrons. The van der Waals surface area contributed by atoms with E-state index < -0.39 is 12.2 Å². The molecule has 0 aliphatic heterocycles. The molecule has 2 N–H and O–H groups in total. The highest BCUT2D eigenvalue weighted by Crippen LogP contribution is 2.33. The molecule has 6 heteroatoms. The third-order valence-corrected chi connectivity index (χ3v) is 3.19. The van der Waals surface area contributed by atoms with E-state index in [9.17, 15) is 15.0 Å². The minimum Gasteiger partial charge on any atom is -0.465 e. The van der Waals surface area contributed by atoms with E-state index in [-0.39, 0.29) is 28.2 Å². The predicted molar refractivity (Wildman–Crippen MR) is 72.7 cm³/mol. The van der Waals surface area contributed by atoms with Crippen LogP contribution >= 0.6 is 23.2 Å². The molecular formula is C12H15Cl2NO3. The van der Waals surface area contributed by atoms with Crippen LogP contribution in [0.3, 0.4) is 0 Å². The molecule has 0 fully saturated rings.